The van der Waals surface area contributed by atoms with Crippen LogP contribution in [0.4, 0.5) is 5.69 Å². The van der Waals surface area contributed by atoms with Gasteiger partial charge in [0.1, 0.15) is 5.75 Å². The zero-order valence-corrected chi connectivity index (χ0v) is 18.6. The maximum Gasteiger partial charge on any atom is 0.262 e. The van der Waals surface area contributed by atoms with Crippen LogP contribution in [0.3, 0.4) is 0 Å². The van der Waals surface area contributed by atoms with Crippen LogP contribution in [0.1, 0.15) is 16.6 Å². The molecular formula is C23H26N2O3S2. The lowest BCUT2D eigenvalue weighted by Gasteiger charge is -2.21. The third kappa shape index (κ3) is 5.33. The number of amides is 1. The lowest BCUT2D eigenvalue weighted by Crippen LogP contribution is -2.20. The molecule has 158 valence electrons. The van der Waals surface area contributed by atoms with E-state index in [1.807, 2.05) is 66.1 Å². The van der Waals surface area contributed by atoms with Crippen LogP contribution in [-0.2, 0) is 16.1 Å². The molecule has 3 aromatic rings. The molecule has 1 saturated heterocycles. The van der Waals surface area contributed by atoms with E-state index in [1.165, 1.54) is 23.5 Å². The smallest absolute Gasteiger partial charge is 0.262 e. The number of fused-ring (bicyclic) bond motifs is 1. The average molecular weight is 443 g/mol. The first-order valence-electron chi connectivity index (χ1n) is 10.1. The van der Waals surface area contributed by atoms with Crippen molar-refractivity contribution in [3.63, 3.8) is 0 Å². The molecule has 1 amide bonds. The first-order chi connectivity index (χ1) is 14.7. The summed E-state index contributed by atoms with van der Waals surface area (Å²) in [6.45, 7) is 1.45. The summed E-state index contributed by atoms with van der Waals surface area (Å²) in [5.74, 6) is 2.99. The van der Waals surface area contributed by atoms with Gasteiger partial charge in [0.2, 0.25) is 0 Å². The SMILES string of the molecule is COCCn1ccc2cc(NC(=O)COc3ccc(C4SCCCS4)cc3)ccc21. The second kappa shape index (κ2) is 10.3. The van der Waals surface area contributed by atoms with Gasteiger partial charge in [0.15, 0.2) is 6.61 Å². The second-order valence-electron chi connectivity index (χ2n) is 7.11. The van der Waals surface area contributed by atoms with E-state index in [0.29, 0.717) is 16.9 Å². The molecule has 5 nitrogen and oxygen atoms in total. The number of hydrogen-bond donors (Lipinski definition) is 1. The molecule has 4 rings (SSSR count). The standard InChI is InChI=1S/C23H26N2O3S2/c1-27-12-11-25-10-9-18-15-19(5-8-21(18)25)24-22(26)16-28-20-6-3-17(4-7-20)23-29-13-2-14-30-23/h3-10,15,23H,2,11-14,16H2,1H3,(H,24,26). The predicted octanol–water partition coefficient (Wildman–Crippen LogP) is 5.17. The van der Waals surface area contributed by atoms with Gasteiger partial charge in [-0.15, -0.1) is 23.5 Å². The Morgan fingerprint density at radius 1 is 1.13 bits per heavy atom. The van der Waals surface area contributed by atoms with Gasteiger partial charge in [-0.1, -0.05) is 12.1 Å². The fourth-order valence-electron chi connectivity index (χ4n) is 3.41. The van der Waals surface area contributed by atoms with Crippen LogP contribution in [-0.4, -0.2) is 42.3 Å². The zero-order chi connectivity index (χ0) is 20.8. The van der Waals surface area contributed by atoms with E-state index in [2.05, 4.69) is 22.0 Å². The van der Waals surface area contributed by atoms with Crippen molar-refractivity contribution in [3.8, 4) is 5.75 Å². The molecule has 0 aliphatic carbocycles. The molecule has 1 aromatic heterocycles. The number of methoxy groups -OCH3 is 1. The Bertz CT molecular complexity index is 982. The summed E-state index contributed by atoms with van der Waals surface area (Å²) < 4.78 is 13.5. The monoisotopic (exact) mass is 442 g/mol. The van der Waals surface area contributed by atoms with Crippen molar-refractivity contribution in [1.82, 2.24) is 4.57 Å². The number of thioether (sulfide) groups is 2. The minimum atomic E-state index is -0.171. The zero-order valence-electron chi connectivity index (χ0n) is 17.0. The molecule has 2 aromatic carbocycles. The molecule has 1 aliphatic heterocycles. The van der Waals surface area contributed by atoms with Gasteiger partial charge in [0.25, 0.3) is 5.91 Å². The van der Waals surface area contributed by atoms with E-state index in [4.69, 9.17) is 9.47 Å². The molecular weight excluding hydrogens is 416 g/mol. The van der Waals surface area contributed by atoms with Crippen molar-refractivity contribution in [3.05, 3.63) is 60.3 Å². The second-order valence-corrected chi connectivity index (χ2v) is 9.83. The quantitative estimate of drug-likeness (QED) is 0.521. The molecule has 0 saturated carbocycles. The molecule has 1 fully saturated rings. The van der Waals surface area contributed by atoms with Gasteiger partial charge in [-0.3, -0.25) is 4.79 Å². The van der Waals surface area contributed by atoms with E-state index < -0.39 is 0 Å². The van der Waals surface area contributed by atoms with E-state index in [1.54, 1.807) is 7.11 Å². The molecule has 0 bridgehead atoms. The number of aromatic nitrogens is 1. The molecule has 1 aliphatic rings. The lowest BCUT2D eigenvalue weighted by molar-refractivity contribution is -0.118. The number of carbonyl (C=O) groups excluding carboxylic acids is 1. The highest BCUT2D eigenvalue weighted by Gasteiger charge is 2.16. The number of rotatable bonds is 8. The number of ether oxygens (including phenoxy) is 2. The lowest BCUT2D eigenvalue weighted by atomic mass is 10.2. The van der Waals surface area contributed by atoms with Crippen LogP contribution in [0.2, 0.25) is 0 Å². The summed E-state index contributed by atoms with van der Waals surface area (Å²) >= 11 is 4.00. The summed E-state index contributed by atoms with van der Waals surface area (Å²) in [5.41, 5.74) is 3.20. The van der Waals surface area contributed by atoms with Crippen molar-refractivity contribution in [2.45, 2.75) is 17.5 Å². The number of nitrogens with zero attached hydrogens (tertiary/aromatic N) is 1. The number of benzene rings is 2. The average Bonchev–Trinajstić information content (AvgIpc) is 3.19. The van der Waals surface area contributed by atoms with Crippen molar-refractivity contribution >= 4 is 46.0 Å². The maximum absolute atomic E-state index is 12.3. The molecule has 2 heterocycles. The third-order valence-electron chi connectivity index (χ3n) is 4.94. The highest BCUT2D eigenvalue weighted by Crippen LogP contribution is 2.43. The van der Waals surface area contributed by atoms with Crippen LogP contribution >= 0.6 is 23.5 Å². The predicted molar refractivity (Wildman–Crippen MR) is 127 cm³/mol. The highest BCUT2D eigenvalue weighted by molar-refractivity contribution is 8.16. The molecule has 0 radical (unpaired) electrons. The Morgan fingerprint density at radius 3 is 2.70 bits per heavy atom. The highest BCUT2D eigenvalue weighted by atomic mass is 32.2. The van der Waals surface area contributed by atoms with Crippen molar-refractivity contribution in [2.24, 2.45) is 0 Å². The van der Waals surface area contributed by atoms with Crippen LogP contribution < -0.4 is 10.1 Å². The van der Waals surface area contributed by atoms with Crippen molar-refractivity contribution in [1.29, 1.82) is 0 Å². The largest absolute Gasteiger partial charge is 0.484 e. The van der Waals surface area contributed by atoms with Gasteiger partial charge in [-0.2, -0.15) is 0 Å². The fourth-order valence-corrected chi connectivity index (χ4v) is 6.30. The Kier molecular flexibility index (Phi) is 7.25. The summed E-state index contributed by atoms with van der Waals surface area (Å²) in [7, 11) is 1.70. The van der Waals surface area contributed by atoms with Crippen molar-refractivity contribution in [2.75, 3.05) is 37.1 Å². The number of carbonyl (C=O) groups is 1. The summed E-state index contributed by atoms with van der Waals surface area (Å²) in [4.78, 5) is 12.3. The van der Waals surface area contributed by atoms with E-state index >= 15 is 0 Å². The first-order valence-corrected chi connectivity index (χ1v) is 12.2. The topological polar surface area (TPSA) is 52.5 Å². The van der Waals surface area contributed by atoms with Gasteiger partial charge in [-0.05, 0) is 59.9 Å². The van der Waals surface area contributed by atoms with E-state index in [9.17, 15) is 4.79 Å². The normalized spacial score (nSPS) is 14.7. The summed E-state index contributed by atoms with van der Waals surface area (Å²) in [5, 5.41) is 4.00. The number of hydrogen-bond acceptors (Lipinski definition) is 5. The van der Waals surface area contributed by atoms with Crippen LogP contribution in [0.15, 0.2) is 54.7 Å². The van der Waals surface area contributed by atoms with Gasteiger partial charge >= 0.3 is 0 Å². The molecule has 0 unspecified atom stereocenters. The Labute approximate surface area is 185 Å². The molecule has 0 atom stereocenters. The van der Waals surface area contributed by atoms with E-state index in [0.717, 1.165) is 23.1 Å². The van der Waals surface area contributed by atoms with Gasteiger partial charge < -0.3 is 19.4 Å². The Morgan fingerprint density at radius 2 is 1.93 bits per heavy atom. The maximum atomic E-state index is 12.3. The van der Waals surface area contributed by atoms with Crippen LogP contribution in [0.25, 0.3) is 10.9 Å². The minimum Gasteiger partial charge on any atom is -0.484 e. The Balaban J connectivity index is 1.30. The van der Waals surface area contributed by atoms with Crippen LogP contribution in [0.5, 0.6) is 5.75 Å². The Hall–Kier alpha value is -2.09. The molecule has 7 heteroatoms. The van der Waals surface area contributed by atoms with Crippen molar-refractivity contribution < 1.29 is 14.3 Å². The van der Waals surface area contributed by atoms with Crippen LogP contribution in [0, 0.1) is 0 Å². The molecule has 30 heavy (non-hydrogen) atoms. The number of anilines is 1. The fraction of sp³-hybridized carbons (Fsp3) is 0.348. The first kappa shape index (κ1) is 21.2. The van der Waals surface area contributed by atoms with E-state index in [-0.39, 0.29) is 12.5 Å². The third-order valence-corrected chi connectivity index (χ3v) is 7.96. The van der Waals surface area contributed by atoms with Gasteiger partial charge in [0, 0.05) is 36.4 Å². The molecule has 1 N–H and O–H groups in total. The summed E-state index contributed by atoms with van der Waals surface area (Å²) in [6.07, 6.45) is 3.32. The molecule has 0 spiro atoms. The van der Waals surface area contributed by atoms with Gasteiger partial charge in [-0.25, -0.2) is 0 Å². The van der Waals surface area contributed by atoms with Gasteiger partial charge in [0.05, 0.1) is 11.2 Å². The summed E-state index contributed by atoms with van der Waals surface area (Å²) in [6, 6.07) is 16.1. The number of nitrogens with one attached hydrogen (secondary N) is 1. The minimum absolute atomic E-state index is 0.0147.